The van der Waals surface area contributed by atoms with E-state index in [0.29, 0.717) is 19.4 Å². The average molecular weight is 292 g/mol. The van der Waals surface area contributed by atoms with E-state index >= 15 is 0 Å². The number of hydrogen-bond acceptors (Lipinski definition) is 4. The van der Waals surface area contributed by atoms with Gasteiger partial charge in [0.2, 0.25) is 5.91 Å². The van der Waals surface area contributed by atoms with Gasteiger partial charge >= 0.3 is 0 Å². The highest BCUT2D eigenvalue weighted by Crippen LogP contribution is 2.27. The van der Waals surface area contributed by atoms with Gasteiger partial charge in [0, 0.05) is 6.54 Å². The molecule has 0 saturated carbocycles. The van der Waals surface area contributed by atoms with E-state index in [1.54, 1.807) is 12.1 Å². The molecule has 1 aromatic rings. The first-order valence-electron chi connectivity index (χ1n) is 7.01. The molecule has 2 aliphatic heterocycles. The van der Waals surface area contributed by atoms with Crippen LogP contribution >= 0.6 is 0 Å². The largest absolute Gasteiger partial charge is 0.368 e. The first-order valence-corrected chi connectivity index (χ1v) is 7.01. The average Bonchev–Trinajstić information content (AvgIpc) is 3.04. The van der Waals surface area contributed by atoms with Crippen LogP contribution in [0.3, 0.4) is 0 Å². The summed E-state index contributed by atoms with van der Waals surface area (Å²) in [5.74, 6) is -0.625. The van der Waals surface area contributed by atoms with Crippen molar-refractivity contribution in [2.45, 2.75) is 31.0 Å². The molecular weight excluding hydrogens is 275 g/mol. The van der Waals surface area contributed by atoms with Crippen molar-refractivity contribution in [3.8, 4) is 0 Å². The highest BCUT2D eigenvalue weighted by atomic mass is 19.1. The van der Waals surface area contributed by atoms with E-state index < -0.39 is 12.1 Å². The van der Waals surface area contributed by atoms with Crippen LogP contribution in [-0.4, -0.2) is 47.9 Å². The van der Waals surface area contributed by atoms with Gasteiger partial charge in [-0.15, -0.1) is 0 Å². The number of carbonyl (C=O) groups excluding carboxylic acids is 2. The predicted molar refractivity (Wildman–Crippen MR) is 72.9 cm³/mol. The molecule has 5 nitrogen and oxygen atoms in total. The smallest absolute Gasteiger partial charge is 0.240 e. The maximum absolute atomic E-state index is 12.9. The molecule has 112 valence electrons. The summed E-state index contributed by atoms with van der Waals surface area (Å²) in [4.78, 5) is 25.7. The number of nitrogens with two attached hydrogens (primary N) is 1. The van der Waals surface area contributed by atoms with Gasteiger partial charge < -0.3 is 15.4 Å². The summed E-state index contributed by atoms with van der Waals surface area (Å²) in [7, 11) is 0. The van der Waals surface area contributed by atoms with E-state index in [0.717, 1.165) is 5.56 Å². The molecule has 2 aliphatic rings. The molecule has 6 heteroatoms. The van der Waals surface area contributed by atoms with Crippen molar-refractivity contribution in [1.29, 1.82) is 0 Å². The van der Waals surface area contributed by atoms with Gasteiger partial charge in [0.1, 0.15) is 18.5 Å². The number of hydrogen-bond donors (Lipinski definition) is 1. The van der Waals surface area contributed by atoms with Crippen LogP contribution in [0.4, 0.5) is 4.39 Å². The Balaban J connectivity index is 1.67. The number of nitrogens with zero attached hydrogens (tertiary/aromatic N) is 1. The fourth-order valence-electron chi connectivity index (χ4n) is 3.02. The van der Waals surface area contributed by atoms with Gasteiger partial charge in [0.05, 0.1) is 12.1 Å². The fraction of sp³-hybridized carbons (Fsp3) is 0.467. The molecule has 21 heavy (non-hydrogen) atoms. The molecule has 0 aromatic heterocycles. The van der Waals surface area contributed by atoms with Crippen LogP contribution in [0.25, 0.3) is 0 Å². The molecule has 2 N–H and O–H groups in total. The highest BCUT2D eigenvalue weighted by molar-refractivity contribution is 5.94. The van der Waals surface area contributed by atoms with Gasteiger partial charge in [0.15, 0.2) is 5.78 Å². The molecule has 1 aromatic carbocycles. The third-order valence-corrected chi connectivity index (χ3v) is 4.08. The lowest BCUT2D eigenvalue weighted by molar-refractivity contribution is -0.137. The minimum absolute atomic E-state index is 0.0557. The van der Waals surface area contributed by atoms with Gasteiger partial charge in [-0.2, -0.15) is 0 Å². The zero-order chi connectivity index (χ0) is 15.0. The highest BCUT2D eigenvalue weighted by Gasteiger charge is 2.47. The normalized spacial score (nSPS) is 26.0. The second-order valence-electron chi connectivity index (χ2n) is 5.52. The molecule has 2 fully saturated rings. The Kier molecular flexibility index (Phi) is 3.73. The summed E-state index contributed by atoms with van der Waals surface area (Å²) >= 11 is 0. The standard InChI is InChI=1S/C15H17FN2O3/c16-10-3-1-9(2-4-10)7-11(17)15(20)18-6-5-13-14(18)12(19)8-21-13/h1-4,11,13-14H,5-8,17H2. The number of fused-ring (bicyclic) bond motifs is 1. The Morgan fingerprint density at radius 2 is 2.14 bits per heavy atom. The molecule has 3 atom stereocenters. The summed E-state index contributed by atoms with van der Waals surface area (Å²) in [5, 5.41) is 0. The van der Waals surface area contributed by atoms with Crippen LogP contribution in [0.1, 0.15) is 12.0 Å². The Morgan fingerprint density at radius 3 is 2.86 bits per heavy atom. The number of Topliss-reactive ketones (excluding diaryl/α,β-unsaturated/α-hetero) is 1. The van der Waals surface area contributed by atoms with Gasteiger partial charge in [-0.05, 0) is 30.5 Å². The van der Waals surface area contributed by atoms with Crippen molar-refractivity contribution < 1.29 is 18.7 Å². The zero-order valence-corrected chi connectivity index (χ0v) is 11.5. The predicted octanol–water partition coefficient (Wildman–Crippen LogP) is 0.264. The first-order chi connectivity index (χ1) is 10.1. The van der Waals surface area contributed by atoms with E-state index in [2.05, 4.69) is 0 Å². The van der Waals surface area contributed by atoms with Crippen LogP contribution in [0.5, 0.6) is 0 Å². The van der Waals surface area contributed by atoms with Crippen LogP contribution in [-0.2, 0) is 20.7 Å². The van der Waals surface area contributed by atoms with Gasteiger partial charge in [-0.1, -0.05) is 12.1 Å². The molecule has 0 radical (unpaired) electrons. The van der Waals surface area contributed by atoms with Crippen LogP contribution in [0.2, 0.25) is 0 Å². The van der Waals surface area contributed by atoms with E-state index in [1.807, 2.05) is 0 Å². The number of ketones is 1. The molecule has 3 unspecified atom stereocenters. The Morgan fingerprint density at radius 1 is 1.43 bits per heavy atom. The summed E-state index contributed by atoms with van der Waals surface area (Å²) in [6.07, 6.45) is 0.812. The fourth-order valence-corrected chi connectivity index (χ4v) is 3.02. The second-order valence-corrected chi connectivity index (χ2v) is 5.52. The summed E-state index contributed by atoms with van der Waals surface area (Å²) < 4.78 is 18.2. The second kappa shape index (κ2) is 5.54. The van der Waals surface area contributed by atoms with Crippen LogP contribution < -0.4 is 5.73 Å². The molecule has 0 spiro atoms. The van der Waals surface area contributed by atoms with E-state index in [9.17, 15) is 14.0 Å². The number of benzene rings is 1. The first kappa shape index (κ1) is 14.2. The number of carbonyl (C=O) groups is 2. The molecule has 0 aliphatic carbocycles. The number of ether oxygens (including phenoxy) is 1. The number of amides is 1. The molecule has 3 rings (SSSR count). The van der Waals surface area contributed by atoms with Crippen molar-refractivity contribution in [3.63, 3.8) is 0 Å². The Labute approximate surface area is 121 Å². The van der Waals surface area contributed by atoms with Crippen molar-refractivity contribution in [2.24, 2.45) is 5.73 Å². The lowest BCUT2D eigenvalue weighted by Gasteiger charge is -2.25. The van der Waals surface area contributed by atoms with Crippen LogP contribution in [0, 0.1) is 5.82 Å². The molecular formula is C15H17FN2O3. The number of halogens is 1. The monoisotopic (exact) mass is 292 g/mol. The lowest BCUT2D eigenvalue weighted by Crippen LogP contribution is -2.50. The maximum atomic E-state index is 12.9. The molecule has 0 bridgehead atoms. The SMILES string of the molecule is NC(Cc1ccc(F)cc1)C(=O)N1CCC2OCC(=O)C21. The number of likely N-dealkylation sites (tertiary alicyclic amines) is 1. The molecule has 2 heterocycles. The van der Waals surface area contributed by atoms with Gasteiger partial charge in [-0.25, -0.2) is 4.39 Å². The molecule has 1 amide bonds. The van der Waals surface area contributed by atoms with Gasteiger partial charge in [0.25, 0.3) is 0 Å². The molecule has 2 saturated heterocycles. The van der Waals surface area contributed by atoms with Crippen molar-refractivity contribution in [2.75, 3.05) is 13.2 Å². The maximum Gasteiger partial charge on any atom is 0.240 e. The Hall–Kier alpha value is -1.79. The lowest BCUT2D eigenvalue weighted by atomic mass is 10.0. The van der Waals surface area contributed by atoms with E-state index in [1.165, 1.54) is 17.0 Å². The van der Waals surface area contributed by atoms with Crippen molar-refractivity contribution in [3.05, 3.63) is 35.6 Å². The minimum atomic E-state index is -0.734. The van der Waals surface area contributed by atoms with Crippen molar-refractivity contribution in [1.82, 2.24) is 4.90 Å². The summed E-state index contributed by atoms with van der Waals surface area (Å²) in [6.45, 7) is 0.573. The quantitative estimate of drug-likeness (QED) is 0.867. The van der Waals surface area contributed by atoms with E-state index in [-0.39, 0.29) is 30.2 Å². The van der Waals surface area contributed by atoms with Crippen molar-refractivity contribution >= 4 is 11.7 Å². The minimum Gasteiger partial charge on any atom is -0.368 e. The van der Waals surface area contributed by atoms with E-state index in [4.69, 9.17) is 10.5 Å². The summed E-state index contributed by atoms with van der Waals surface area (Å²) in [6, 6.07) is 4.69. The topological polar surface area (TPSA) is 72.6 Å². The number of rotatable bonds is 3. The Bertz CT molecular complexity index is 561. The third-order valence-electron chi connectivity index (χ3n) is 4.08. The third kappa shape index (κ3) is 2.69. The zero-order valence-electron chi connectivity index (χ0n) is 11.5. The van der Waals surface area contributed by atoms with Gasteiger partial charge in [-0.3, -0.25) is 9.59 Å². The summed E-state index contributed by atoms with van der Waals surface area (Å²) in [5.41, 5.74) is 6.75. The van der Waals surface area contributed by atoms with Crippen LogP contribution in [0.15, 0.2) is 24.3 Å².